The fourth-order valence-corrected chi connectivity index (χ4v) is 3.20. The zero-order chi connectivity index (χ0) is 25.3. The zero-order valence-electron chi connectivity index (χ0n) is 19.4. The van der Waals surface area contributed by atoms with Gasteiger partial charge < -0.3 is 31.6 Å². The monoisotopic (exact) mass is 473 g/mol. The van der Waals surface area contributed by atoms with Crippen LogP contribution in [0.3, 0.4) is 0 Å². The summed E-state index contributed by atoms with van der Waals surface area (Å²) in [5.41, 5.74) is 10.8. The Hall–Kier alpha value is -3.96. The molecule has 2 heterocycles. The van der Waals surface area contributed by atoms with Crippen molar-refractivity contribution in [1.82, 2.24) is 20.6 Å². The van der Waals surface area contributed by atoms with Crippen LogP contribution < -0.4 is 22.1 Å². The van der Waals surface area contributed by atoms with Gasteiger partial charge in [0.2, 0.25) is 5.89 Å². The molecule has 7 N–H and O–H groups in total. The number of aromatic nitrogens is 2. The van der Waals surface area contributed by atoms with Crippen molar-refractivity contribution in [2.75, 3.05) is 6.54 Å². The molecule has 12 heteroatoms. The van der Waals surface area contributed by atoms with Gasteiger partial charge in [0.25, 0.3) is 11.8 Å². The first-order valence-electron chi connectivity index (χ1n) is 10.9. The van der Waals surface area contributed by atoms with E-state index in [1.807, 2.05) is 13.8 Å². The maximum atomic E-state index is 12.8. The molecule has 0 unspecified atom stereocenters. The van der Waals surface area contributed by atoms with E-state index in [0.29, 0.717) is 18.4 Å². The van der Waals surface area contributed by atoms with Crippen LogP contribution in [0.1, 0.15) is 71.6 Å². The second-order valence-corrected chi connectivity index (χ2v) is 8.17. The topological polar surface area (TPSA) is 199 Å². The number of amides is 2. The molecule has 2 aromatic rings. The molecule has 2 atom stereocenters. The summed E-state index contributed by atoms with van der Waals surface area (Å²) >= 11 is 0. The number of nitrogens with one attached hydrogen (secondary N) is 2. The number of carboxylic acids is 1. The first kappa shape index (κ1) is 26.3. The third-order valence-corrected chi connectivity index (χ3v) is 4.81. The predicted octanol–water partition coefficient (Wildman–Crippen LogP) is 1.13. The minimum absolute atomic E-state index is 0.0464. The lowest BCUT2D eigenvalue weighted by Crippen LogP contribution is -2.41. The molecule has 0 saturated heterocycles. The van der Waals surface area contributed by atoms with Crippen molar-refractivity contribution in [2.24, 2.45) is 22.4 Å². The molecule has 0 aromatic carbocycles. The summed E-state index contributed by atoms with van der Waals surface area (Å²) in [6, 6.07) is 1.54. The van der Waals surface area contributed by atoms with E-state index in [4.69, 9.17) is 15.9 Å². The van der Waals surface area contributed by atoms with Gasteiger partial charge in [-0.2, -0.15) is 0 Å². The van der Waals surface area contributed by atoms with Gasteiger partial charge in [-0.3, -0.25) is 19.6 Å². The van der Waals surface area contributed by atoms with E-state index < -0.39 is 24.0 Å². The molecule has 0 bridgehead atoms. The molecule has 0 aliphatic rings. The van der Waals surface area contributed by atoms with E-state index in [1.165, 1.54) is 6.20 Å². The molecule has 34 heavy (non-hydrogen) atoms. The molecule has 0 spiro atoms. The highest BCUT2D eigenvalue weighted by Gasteiger charge is 2.28. The van der Waals surface area contributed by atoms with Gasteiger partial charge in [-0.05, 0) is 44.2 Å². The smallest absolute Gasteiger partial charge is 0.326 e. The van der Waals surface area contributed by atoms with Crippen molar-refractivity contribution in [3.8, 4) is 0 Å². The van der Waals surface area contributed by atoms with E-state index in [9.17, 15) is 19.5 Å². The van der Waals surface area contributed by atoms with Crippen LogP contribution in [-0.4, -0.2) is 51.4 Å². The summed E-state index contributed by atoms with van der Waals surface area (Å²) in [6.45, 7) is 5.75. The van der Waals surface area contributed by atoms with Crippen LogP contribution in [0.2, 0.25) is 0 Å². The normalized spacial score (nSPS) is 12.6. The average Bonchev–Trinajstić information content (AvgIpc) is 3.17. The number of nitrogens with zero attached hydrogens (tertiary/aromatic N) is 3. The maximum absolute atomic E-state index is 12.8. The van der Waals surface area contributed by atoms with Crippen LogP contribution in [0, 0.1) is 12.8 Å². The van der Waals surface area contributed by atoms with Crippen molar-refractivity contribution in [3.05, 3.63) is 47.4 Å². The van der Waals surface area contributed by atoms with E-state index >= 15 is 0 Å². The first-order valence-corrected chi connectivity index (χ1v) is 10.9. The molecule has 0 fully saturated rings. The number of hydrogen-bond acceptors (Lipinski definition) is 7. The number of rotatable bonds is 12. The highest BCUT2D eigenvalue weighted by atomic mass is 16.4. The lowest BCUT2D eigenvalue weighted by atomic mass is 10.0. The predicted molar refractivity (Wildman–Crippen MR) is 124 cm³/mol. The minimum Gasteiger partial charge on any atom is -0.480 e. The van der Waals surface area contributed by atoms with Crippen LogP contribution in [-0.2, 0) is 4.79 Å². The molecule has 0 aliphatic carbocycles. The third kappa shape index (κ3) is 7.87. The van der Waals surface area contributed by atoms with E-state index in [2.05, 4.69) is 25.6 Å². The Balaban J connectivity index is 2.15. The number of aliphatic carboxylic acids is 1. The summed E-state index contributed by atoms with van der Waals surface area (Å²) in [5, 5.41) is 14.8. The average molecular weight is 474 g/mol. The zero-order valence-corrected chi connectivity index (χ0v) is 19.4. The molecule has 0 aliphatic heterocycles. The maximum Gasteiger partial charge on any atom is 0.326 e. The van der Waals surface area contributed by atoms with Crippen LogP contribution in [0.25, 0.3) is 0 Å². The Bertz CT molecular complexity index is 1020. The van der Waals surface area contributed by atoms with Gasteiger partial charge in [-0.1, -0.05) is 13.8 Å². The van der Waals surface area contributed by atoms with Crippen molar-refractivity contribution >= 4 is 23.7 Å². The first-order chi connectivity index (χ1) is 16.1. The molecule has 184 valence electrons. The second kappa shape index (κ2) is 12.3. The Morgan fingerprint density at radius 2 is 1.94 bits per heavy atom. The molecule has 0 radical (unpaired) electrons. The van der Waals surface area contributed by atoms with Crippen molar-refractivity contribution in [2.45, 2.75) is 52.1 Å². The SMILES string of the molecule is Cc1oc([C@H](CC(C)C)NC(=O)c2cccnc2)nc1C(=O)N[C@@H](CCCN=C(N)N)C(=O)O. The number of nitrogens with two attached hydrogens (primary N) is 2. The van der Waals surface area contributed by atoms with Crippen LogP contribution in [0.15, 0.2) is 33.9 Å². The van der Waals surface area contributed by atoms with Gasteiger partial charge in [0.1, 0.15) is 17.8 Å². The largest absolute Gasteiger partial charge is 0.480 e. The lowest BCUT2D eigenvalue weighted by Gasteiger charge is -2.17. The van der Waals surface area contributed by atoms with Crippen molar-refractivity contribution in [3.63, 3.8) is 0 Å². The second-order valence-electron chi connectivity index (χ2n) is 8.17. The van der Waals surface area contributed by atoms with E-state index in [0.717, 1.165) is 0 Å². The number of aryl methyl sites for hydroxylation is 1. The molecular weight excluding hydrogens is 442 g/mol. The number of carbonyl (C=O) groups excluding carboxylic acids is 2. The standard InChI is InChI=1S/C22H31N7O5/c1-12(2)10-16(28-18(30)14-6-4-8-25-11-14)20-29-17(13(3)34-20)19(31)27-15(21(32)33)7-5-9-26-22(23)24/h4,6,8,11-12,15-16H,5,7,9-10H2,1-3H3,(H,27,31)(H,28,30)(H,32,33)(H4,23,24,26)/t15-,16-/m0/s1. The number of carboxylic acid groups (broad SMARTS) is 1. The molecule has 2 amide bonds. The number of guanidine groups is 1. The fourth-order valence-electron chi connectivity index (χ4n) is 3.20. The highest BCUT2D eigenvalue weighted by molar-refractivity contribution is 5.96. The van der Waals surface area contributed by atoms with Crippen LogP contribution in [0.4, 0.5) is 0 Å². The van der Waals surface area contributed by atoms with Gasteiger partial charge in [0.15, 0.2) is 11.7 Å². The van der Waals surface area contributed by atoms with E-state index in [-0.39, 0.29) is 48.1 Å². The minimum atomic E-state index is -1.19. The number of hydrogen-bond donors (Lipinski definition) is 5. The quantitative estimate of drug-likeness (QED) is 0.170. The number of aliphatic imine (C=N–C) groups is 1. The fraction of sp³-hybridized carbons (Fsp3) is 0.455. The summed E-state index contributed by atoms with van der Waals surface area (Å²) in [6.07, 6.45) is 4.00. The van der Waals surface area contributed by atoms with Gasteiger partial charge in [0, 0.05) is 18.9 Å². The Morgan fingerprint density at radius 3 is 2.53 bits per heavy atom. The van der Waals surface area contributed by atoms with Crippen molar-refractivity contribution < 1.29 is 23.9 Å². The Morgan fingerprint density at radius 1 is 1.21 bits per heavy atom. The third-order valence-electron chi connectivity index (χ3n) is 4.81. The van der Waals surface area contributed by atoms with Gasteiger partial charge >= 0.3 is 5.97 Å². The summed E-state index contributed by atoms with van der Waals surface area (Å²) in [5.74, 6) is -1.77. The highest BCUT2D eigenvalue weighted by Crippen LogP contribution is 2.24. The molecular formula is C22H31N7O5. The Kier molecular flexibility index (Phi) is 9.53. The summed E-state index contributed by atoms with van der Waals surface area (Å²) in [4.78, 5) is 49.0. The summed E-state index contributed by atoms with van der Waals surface area (Å²) in [7, 11) is 0. The van der Waals surface area contributed by atoms with Gasteiger partial charge in [0.05, 0.1) is 5.56 Å². The summed E-state index contributed by atoms with van der Waals surface area (Å²) < 4.78 is 5.71. The van der Waals surface area contributed by atoms with Gasteiger partial charge in [-0.25, -0.2) is 9.78 Å². The molecule has 2 aromatic heterocycles. The molecule has 12 nitrogen and oxygen atoms in total. The van der Waals surface area contributed by atoms with Crippen molar-refractivity contribution in [1.29, 1.82) is 0 Å². The van der Waals surface area contributed by atoms with Crippen LogP contribution in [0.5, 0.6) is 0 Å². The lowest BCUT2D eigenvalue weighted by molar-refractivity contribution is -0.139. The van der Waals surface area contributed by atoms with Crippen LogP contribution >= 0.6 is 0 Å². The Labute approximate surface area is 197 Å². The van der Waals surface area contributed by atoms with Gasteiger partial charge in [-0.15, -0.1) is 0 Å². The van der Waals surface area contributed by atoms with E-state index in [1.54, 1.807) is 25.3 Å². The molecule has 0 saturated carbocycles. The number of oxazole rings is 1. The molecule has 2 rings (SSSR count). The number of pyridine rings is 1. The number of carbonyl (C=O) groups is 3.